The van der Waals surface area contributed by atoms with Crippen LogP contribution in [0.4, 0.5) is 0 Å². The third-order valence-corrected chi connectivity index (χ3v) is 2.93. The number of hydrogen-bond donors (Lipinski definition) is 0. The molecule has 3 nitrogen and oxygen atoms in total. The summed E-state index contributed by atoms with van der Waals surface area (Å²) in [6, 6.07) is 16.5. The highest BCUT2D eigenvalue weighted by Gasteiger charge is 2.25. The Morgan fingerprint density at radius 2 is 1.84 bits per heavy atom. The van der Waals surface area contributed by atoms with Crippen LogP contribution in [0.2, 0.25) is 0 Å². The molecule has 0 aliphatic carbocycles. The van der Waals surface area contributed by atoms with E-state index < -0.39 is 0 Å². The monoisotopic (exact) mass is 247 g/mol. The highest BCUT2D eigenvalue weighted by molar-refractivity contribution is 6.05. The number of rotatable bonds is 1. The van der Waals surface area contributed by atoms with Gasteiger partial charge in [-0.2, -0.15) is 5.26 Å². The third-order valence-electron chi connectivity index (χ3n) is 2.93. The number of benzene rings is 2. The van der Waals surface area contributed by atoms with Gasteiger partial charge in [0.1, 0.15) is 5.76 Å². The summed E-state index contributed by atoms with van der Waals surface area (Å²) < 4.78 is 5.25. The fourth-order valence-corrected chi connectivity index (χ4v) is 2.04. The lowest BCUT2D eigenvalue weighted by atomic mass is 10.1. The van der Waals surface area contributed by atoms with Crippen LogP contribution < -0.4 is 0 Å². The molecule has 0 N–H and O–H groups in total. The van der Waals surface area contributed by atoms with E-state index in [-0.39, 0.29) is 5.97 Å². The van der Waals surface area contributed by atoms with Crippen LogP contribution in [0.25, 0.3) is 11.8 Å². The molecule has 0 fully saturated rings. The molecule has 0 atom stereocenters. The maximum Gasteiger partial charge on any atom is 0.344 e. The van der Waals surface area contributed by atoms with E-state index >= 15 is 0 Å². The van der Waals surface area contributed by atoms with Crippen molar-refractivity contribution in [2.24, 2.45) is 0 Å². The summed E-state index contributed by atoms with van der Waals surface area (Å²) >= 11 is 0. The van der Waals surface area contributed by atoms with E-state index in [1.807, 2.05) is 18.2 Å². The topological polar surface area (TPSA) is 50.1 Å². The minimum Gasteiger partial charge on any atom is -0.422 e. The Bertz CT molecular complexity index is 738. The number of cyclic esters (lactones) is 1. The van der Waals surface area contributed by atoms with E-state index in [9.17, 15) is 4.79 Å². The molecule has 1 heterocycles. The lowest BCUT2D eigenvalue weighted by molar-refractivity contribution is 0.0717. The van der Waals surface area contributed by atoms with Crippen LogP contribution in [0.1, 0.15) is 27.0 Å². The molecule has 0 unspecified atom stereocenters. The van der Waals surface area contributed by atoms with Gasteiger partial charge in [-0.05, 0) is 29.8 Å². The van der Waals surface area contributed by atoms with Gasteiger partial charge in [0.15, 0.2) is 0 Å². The predicted molar refractivity (Wildman–Crippen MR) is 70.9 cm³/mol. The van der Waals surface area contributed by atoms with Gasteiger partial charge in [-0.1, -0.05) is 30.3 Å². The van der Waals surface area contributed by atoms with E-state index in [0.717, 1.165) is 11.1 Å². The summed E-state index contributed by atoms with van der Waals surface area (Å²) in [5.74, 6) is 0.189. The molecule has 0 bridgehead atoms. The van der Waals surface area contributed by atoms with Gasteiger partial charge in [-0.3, -0.25) is 0 Å². The van der Waals surface area contributed by atoms with E-state index in [1.165, 1.54) is 0 Å². The summed E-state index contributed by atoms with van der Waals surface area (Å²) in [6.45, 7) is 0. The molecule has 1 aliphatic heterocycles. The first-order valence-electron chi connectivity index (χ1n) is 5.81. The van der Waals surface area contributed by atoms with Crippen molar-refractivity contribution in [2.75, 3.05) is 0 Å². The number of carbonyl (C=O) groups excluding carboxylic acids is 1. The van der Waals surface area contributed by atoms with Gasteiger partial charge in [0.05, 0.1) is 17.2 Å². The van der Waals surface area contributed by atoms with Crippen molar-refractivity contribution < 1.29 is 9.53 Å². The van der Waals surface area contributed by atoms with Crippen LogP contribution in [0.15, 0.2) is 48.5 Å². The van der Waals surface area contributed by atoms with Crippen molar-refractivity contribution in [3.8, 4) is 6.07 Å². The molecule has 0 amide bonds. The van der Waals surface area contributed by atoms with Crippen molar-refractivity contribution in [3.05, 3.63) is 70.8 Å². The number of fused-ring (bicyclic) bond motifs is 1. The molecule has 3 heteroatoms. The maximum absolute atomic E-state index is 11.7. The summed E-state index contributed by atoms with van der Waals surface area (Å²) in [5, 5.41) is 8.87. The normalized spacial score (nSPS) is 14.9. The molecule has 0 saturated carbocycles. The molecule has 90 valence electrons. The molecular weight excluding hydrogens is 238 g/mol. The van der Waals surface area contributed by atoms with Gasteiger partial charge in [0, 0.05) is 5.56 Å². The van der Waals surface area contributed by atoms with Gasteiger partial charge < -0.3 is 4.74 Å². The Balaban J connectivity index is 2.06. The van der Waals surface area contributed by atoms with Crippen molar-refractivity contribution >= 4 is 17.8 Å². The molecule has 0 aromatic heterocycles. The molecule has 1 aliphatic rings. The molecule has 19 heavy (non-hydrogen) atoms. The van der Waals surface area contributed by atoms with Crippen molar-refractivity contribution in [2.45, 2.75) is 0 Å². The van der Waals surface area contributed by atoms with Gasteiger partial charge in [0.2, 0.25) is 0 Å². The number of carbonyl (C=O) groups is 1. The second-order valence-corrected chi connectivity index (χ2v) is 4.18. The summed E-state index contributed by atoms with van der Waals surface area (Å²) in [7, 11) is 0. The van der Waals surface area contributed by atoms with Gasteiger partial charge in [-0.25, -0.2) is 4.79 Å². The predicted octanol–water partition coefficient (Wildman–Crippen LogP) is 3.23. The average Bonchev–Trinajstić information content (AvgIpc) is 2.76. The largest absolute Gasteiger partial charge is 0.422 e. The van der Waals surface area contributed by atoms with Crippen LogP contribution in [0.5, 0.6) is 0 Å². The molecule has 0 radical (unpaired) electrons. The van der Waals surface area contributed by atoms with Crippen LogP contribution in [-0.4, -0.2) is 5.97 Å². The number of esters is 1. The molecule has 0 spiro atoms. The minimum absolute atomic E-state index is 0.335. The van der Waals surface area contributed by atoms with E-state index in [4.69, 9.17) is 10.00 Å². The molecule has 2 aromatic rings. The van der Waals surface area contributed by atoms with Gasteiger partial charge >= 0.3 is 5.97 Å². The first kappa shape index (κ1) is 11.2. The average molecular weight is 247 g/mol. The lowest BCUT2D eigenvalue weighted by Crippen LogP contribution is -1.92. The van der Waals surface area contributed by atoms with Crippen molar-refractivity contribution in [1.29, 1.82) is 5.26 Å². The molecule has 3 rings (SSSR count). The zero-order valence-electron chi connectivity index (χ0n) is 9.96. The lowest BCUT2D eigenvalue weighted by Gasteiger charge is -1.99. The first-order chi connectivity index (χ1) is 9.28. The van der Waals surface area contributed by atoms with Crippen molar-refractivity contribution in [3.63, 3.8) is 0 Å². The minimum atomic E-state index is -0.335. The van der Waals surface area contributed by atoms with Crippen LogP contribution >= 0.6 is 0 Å². The SMILES string of the molecule is N#Cc1cccc(C=C2OC(=O)c3ccccc32)c1. The Labute approximate surface area is 110 Å². The van der Waals surface area contributed by atoms with E-state index in [1.54, 1.807) is 36.4 Å². The Hall–Kier alpha value is -2.86. The highest BCUT2D eigenvalue weighted by Crippen LogP contribution is 2.30. The number of ether oxygens (including phenoxy) is 1. The molecule has 2 aromatic carbocycles. The van der Waals surface area contributed by atoms with Crippen LogP contribution in [0.3, 0.4) is 0 Å². The third kappa shape index (κ3) is 2.00. The number of nitriles is 1. The second-order valence-electron chi connectivity index (χ2n) is 4.18. The fourth-order valence-electron chi connectivity index (χ4n) is 2.04. The summed E-state index contributed by atoms with van der Waals surface area (Å²) in [6.07, 6.45) is 1.77. The van der Waals surface area contributed by atoms with E-state index in [0.29, 0.717) is 16.9 Å². The Morgan fingerprint density at radius 3 is 2.63 bits per heavy atom. The Morgan fingerprint density at radius 1 is 1.05 bits per heavy atom. The summed E-state index contributed by atoms with van der Waals surface area (Å²) in [5.41, 5.74) is 2.77. The number of hydrogen-bond acceptors (Lipinski definition) is 3. The zero-order valence-corrected chi connectivity index (χ0v) is 9.96. The van der Waals surface area contributed by atoms with Crippen LogP contribution in [-0.2, 0) is 4.74 Å². The molecular formula is C16H9NO2. The fraction of sp³-hybridized carbons (Fsp3) is 0. The standard InChI is InChI=1S/C16H9NO2/c17-10-12-5-3-4-11(8-12)9-15-13-6-1-2-7-14(13)16(18)19-15/h1-9H. The Kier molecular flexibility index (Phi) is 2.62. The first-order valence-corrected chi connectivity index (χ1v) is 5.81. The smallest absolute Gasteiger partial charge is 0.344 e. The maximum atomic E-state index is 11.7. The molecule has 0 saturated heterocycles. The van der Waals surface area contributed by atoms with Gasteiger partial charge in [-0.15, -0.1) is 0 Å². The van der Waals surface area contributed by atoms with Gasteiger partial charge in [0.25, 0.3) is 0 Å². The number of nitrogens with zero attached hydrogens (tertiary/aromatic N) is 1. The zero-order chi connectivity index (χ0) is 13.2. The van der Waals surface area contributed by atoms with Crippen molar-refractivity contribution in [1.82, 2.24) is 0 Å². The summed E-state index contributed by atoms with van der Waals surface area (Å²) in [4.78, 5) is 11.7. The quantitative estimate of drug-likeness (QED) is 0.727. The van der Waals surface area contributed by atoms with E-state index in [2.05, 4.69) is 6.07 Å². The van der Waals surface area contributed by atoms with Crippen LogP contribution in [0, 0.1) is 11.3 Å². The highest BCUT2D eigenvalue weighted by atomic mass is 16.5. The second kappa shape index (κ2) is 4.43.